The second-order valence-electron chi connectivity index (χ2n) is 11.7. The Morgan fingerprint density at radius 1 is 1.05 bits per heavy atom. The van der Waals surface area contributed by atoms with Crippen molar-refractivity contribution in [3.8, 4) is 5.75 Å². The maximum absolute atomic E-state index is 13.8. The van der Waals surface area contributed by atoms with Crippen LogP contribution in [-0.2, 0) is 35.1 Å². The normalized spacial score (nSPS) is 23.9. The maximum atomic E-state index is 13.8. The van der Waals surface area contributed by atoms with E-state index in [-0.39, 0.29) is 30.6 Å². The van der Waals surface area contributed by atoms with Crippen LogP contribution >= 0.6 is 0 Å². The van der Waals surface area contributed by atoms with Crippen LogP contribution in [0.2, 0.25) is 0 Å². The van der Waals surface area contributed by atoms with Crippen LogP contribution in [0.25, 0.3) is 0 Å². The van der Waals surface area contributed by atoms with Gasteiger partial charge in [-0.25, -0.2) is 0 Å². The van der Waals surface area contributed by atoms with E-state index in [0.717, 1.165) is 31.4 Å². The predicted octanol–water partition coefficient (Wildman–Crippen LogP) is 1.34. The fourth-order valence-corrected chi connectivity index (χ4v) is 5.41. The molecule has 4 N–H and O–H groups in total. The Bertz CT molecular complexity index is 1170. The van der Waals surface area contributed by atoms with Crippen LogP contribution in [0.15, 0.2) is 35.4 Å². The fraction of sp³-hybridized carbons (Fsp3) is 0.613. The van der Waals surface area contributed by atoms with E-state index in [2.05, 4.69) is 28.2 Å². The van der Waals surface area contributed by atoms with Gasteiger partial charge in [0.25, 0.3) is 0 Å². The second kappa shape index (κ2) is 14.3. The van der Waals surface area contributed by atoms with Crippen molar-refractivity contribution in [1.29, 1.82) is 0 Å². The van der Waals surface area contributed by atoms with Crippen molar-refractivity contribution in [2.45, 2.75) is 89.1 Å². The summed E-state index contributed by atoms with van der Waals surface area (Å²) in [6.45, 7) is 7.54. The predicted molar refractivity (Wildman–Crippen MR) is 156 cm³/mol. The van der Waals surface area contributed by atoms with E-state index < -0.39 is 35.5 Å². The van der Waals surface area contributed by atoms with Crippen molar-refractivity contribution in [2.24, 2.45) is 0 Å². The van der Waals surface area contributed by atoms with Crippen LogP contribution in [0.5, 0.6) is 5.75 Å². The van der Waals surface area contributed by atoms with Crippen molar-refractivity contribution in [3.63, 3.8) is 0 Å². The zero-order valence-electron chi connectivity index (χ0n) is 25.0. The van der Waals surface area contributed by atoms with Gasteiger partial charge in [0.2, 0.25) is 17.7 Å². The minimum atomic E-state index is -0.988. The summed E-state index contributed by atoms with van der Waals surface area (Å²) in [5.74, 6) is -0.794. The summed E-state index contributed by atoms with van der Waals surface area (Å²) in [4.78, 5) is 52.9. The van der Waals surface area contributed by atoms with Gasteiger partial charge in [0.15, 0.2) is 5.78 Å². The lowest BCUT2D eigenvalue weighted by Crippen LogP contribution is -2.57. The van der Waals surface area contributed by atoms with E-state index in [9.17, 15) is 19.2 Å². The fourth-order valence-electron chi connectivity index (χ4n) is 5.41. The molecule has 0 radical (unpaired) electrons. The van der Waals surface area contributed by atoms with Crippen LogP contribution in [-0.4, -0.2) is 86.7 Å². The van der Waals surface area contributed by atoms with Crippen LogP contribution in [0.3, 0.4) is 0 Å². The minimum absolute atomic E-state index is 0.125. The standard InChI is InChI=1S/C31H44N4O7/c1-19-6-5-7-22(19)15-25(28(37)31(3)18-42-31)34-30(39)26(14-21-8-10-23(40-4)11-9-21)35-29(38)20(2)33-27(36)16-24-17-32-12-13-41-24/h8-11,20,24-26,32H,5-7,12-18H2,1-4H3,(H,33,36)(H,34,39)(H,35,38)/t20-,24?,25-,26-,31+/m0/s1. The number of ketones is 1. The first-order valence-corrected chi connectivity index (χ1v) is 14.8. The number of methoxy groups -OCH3 is 1. The minimum Gasteiger partial charge on any atom is -0.497 e. The quantitative estimate of drug-likeness (QED) is 0.189. The summed E-state index contributed by atoms with van der Waals surface area (Å²) >= 11 is 0. The molecule has 3 amide bonds. The number of carbonyl (C=O) groups excluding carboxylic acids is 4. The third-order valence-corrected chi connectivity index (χ3v) is 8.24. The summed E-state index contributed by atoms with van der Waals surface area (Å²) in [6.07, 6.45) is 3.39. The van der Waals surface area contributed by atoms with Gasteiger partial charge in [-0.1, -0.05) is 23.3 Å². The molecule has 2 saturated heterocycles. The highest BCUT2D eigenvalue weighted by Crippen LogP contribution is 2.33. The smallest absolute Gasteiger partial charge is 0.243 e. The Morgan fingerprint density at radius 3 is 2.36 bits per heavy atom. The maximum Gasteiger partial charge on any atom is 0.243 e. The van der Waals surface area contributed by atoms with Gasteiger partial charge in [-0.15, -0.1) is 0 Å². The molecule has 42 heavy (non-hydrogen) atoms. The van der Waals surface area contributed by atoms with E-state index in [1.54, 1.807) is 33.1 Å². The number of hydrogen-bond acceptors (Lipinski definition) is 8. The van der Waals surface area contributed by atoms with E-state index in [0.29, 0.717) is 31.9 Å². The Kier molecular flexibility index (Phi) is 10.7. The first kappa shape index (κ1) is 31.7. The Balaban J connectivity index is 1.46. The molecule has 1 aromatic carbocycles. The number of allylic oxidation sites excluding steroid dienone is 1. The molecular weight excluding hydrogens is 540 g/mol. The number of hydrogen-bond donors (Lipinski definition) is 4. The third kappa shape index (κ3) is 8.62. The zero-order chi connectivity index (χ0) is 30.3. The number of amides is 3. The molecule has 5 atom stereocenters. The molecule has 230 valence electrons. The zero-order valence-corrected chi connectivity index (χ0v) is 25.0. The van der Waals surface area contributed by atoms with Crippen molar-refractivity contribution < 1.29 is 33.4 Å². The largest absolute Gasteiger partial charge is 0.497 e. The molecule has 2 fully saturated rings. The van der Waals surface area contributed by atoms with Crippen molar-refractivity contribution in [2.75, 3.05) is 33.4 Å². The topological polar surface area (TPSA) is 147 Å². The molecule has 1 unspecified atom stereocenters. The third-order valence-electron chi connectivity index (χ3n) is 8.24. The summed E-state index contributed by atoms with van der Waals surface area (Å²) in [7, 11) is 1.57. The number of epoxide rings is 1. The average molecular weight is 585 g/mol. The molecule has 1 aliphatic carbocycles. The molecule has 4 rings (SSSR count). The van der Waals surface area contributed by atoms with Gasteiger partial charge in [0.05, 0.1) is 38.9 Å². The molecule has 0 aromatic heterocycles. The first-order valence-electron chi connectivity index (χ1n) is 14.8. The number of Topliss-reactive ketones (excluding diaryl/α,β-unsaturated/α-hetero) is 1. The molecule has 0 bridgehead atoms. The van der Waals surface area contributed by atoms with E-state index >= 15 is 0 Å². The molecule has 1 aromatic rings. The highest BCUT2D eigenvalue weighted by Gasteiger charge is 2.50. The van der Waals surface area contributed by atoms with Crippen LogP contribution in [0, 0.1) is 0 Å². The lowest BCUT2D eigenvalue weighted by molar-refractivity contribution is -0.134. The van der Waals surface area contributed by atoms with E-state index in [1.165, 1.54) is 11.1 Å². The van der Waals surface area contributed by atoms with Gasteiger partial charge in [0, 0.05) is 19.5 Å². The van der Waals surface area contributed by atoms with Gasteiger partial charge < -0.3 is 35.5 Å². The highest BCUT2D eigenvalue weighted by atomic mass is 16.6. The molecule has 11 heteroatoms. The monoisotopic (exact) mass is 584 g/mol. The highest BCUT2D eigenvalue weighted by molar-refractivity contribution is 5.98. The number of morpholine rings is 1. The van der Waals surface area contributed by atoms with Crippen LogP contribution in [0.4, 0.5) is 0 Å². The first-order chi connectivity index (χ1) is 20.1. The Morgan fingerprint density at radius 2 is 1.76 bits per heavy atom. The Hall–Kier alpha value is -3.28. The van der Waals surface area contributed by atoms with Gasteiger partial charge in [-0.2, -0.15) is 0 Å². The molecule has 2 heterocycles. The van der Waals surface area contributed by atoms with Gasteiger partial charge >= 0.3 is 0 Å². The van der Waals surface area contributed by atoms with Crippen LogP contribution < -0.4 is 26.0 Å². The van der Waals surface area contributed by atoms with Crippen molar-refractivity contribution in [1.82, 2.24) is 21.3 Å². The summed E-state index contributed by atoms with van der Waals surface area (Å²) in [5.41, 5.74) is 2.33. The number of rotatable bonds is 14. The molecule has 2 aliphatic heterocycles. The number of carbonyl (C=O) groups is 4. The number of nitrogens with one attached hydrogen (secondary N) is 4. The lowest BCUT2D eigenvalue weighted by atomic mass is 9.93. The van der Waals surface area contributed by atoms with Crippen molar-refractivity contribution in [3.05, 3.63) is 41.0 Å². The second-order valence-corrected chi connectivity index (χ2v) is 11.7. The number of ether oxygens (including phenoxy) is 3. The molecule has 11 nitrogen and oxygen atoms in total. The van der Waals surface area contributed by atoms with E-state index in [4.69, 9.17) is 14.2 Å². The van der Waals surface area contributed by atoms with E-state index in [1.807, 2.05) is 12.1 Å². The van der Waals surface area contributed by atoms with Gasteiger partial charge in [-0.05, 0) is 64.2 Å². The molecule has 0 spiro atoms. The van der Waals surface area contributed by atoms with Crippen LogP contribution in [0.1, 0.15) is 58.4 Å². The van der Waals surface area contributed by atoms with Crippen molar-refractivity contribution >= 4 is 23.5 Å². The average Bonchev–Trinajstić information content (AvgIpc) is 3.61. The Labute approximate surface area is 247 Å². The summed E-state index contributed by atoms with van der Waals surface area (Å²) in [5, 5.41) is 11.6. The van der Waals surface area contributed by atoms with Gasteiger partial charge in [0.1, 0.15) is 23.4 Å². The SMILES string of the molecule is COc1ccc(C[C@H](NC(=O)[C@H](C)NC(=O)CC2CNCCO2)C(=O)N[C@@H](CC2=C(C)CCC2)C(=O)[C@@]2(C)CO2)cc1. The lowest BCUT2D eigenvalue weighted by Gasteiger charge is -2.26. The number of benzene rings is 1. The van der Waals surface area contributed by atoms with Gasteiger partial charge in [-0.3, -0.25) is 19.2 Å². The summed E-state index contributed by atoms with van der Waals surface area (Å²) in [6, 6.07) is 4.56. The molecule has 0 saturated carbocycles. The summed E-state index contributed by atoms with van der Waals surface area (Å²) < 4.78 is 16.3. The molecule has 3 aliphatic rings. The molecular formula is C31H44N4O7.